The van der Waals surface area contributed by atoms with Crippen LogP contribution in [0, 0.1) is 20.2 Å². The van der Waals surface area contributed by atoms with Crippen molar-refractivity contribution < 1.29 is 24.2 Å². The van der Waals surface area contributed by atoms with E-state index in [0.717, 1.165) is 6.07 Å². The molecular formula is C17H16N4O7. The fourth-order valence-corrected chi connectivity index (χ4v) is 2.48. The molecule has 146 valence electrons. The second kappa shape index (κ2) is 8.58. The van der Waals surface area contributed by atoms with E-state index in [9.17, 15) is 29.8 Å². The molecule has 0 saturated carbocycles. The number of hydrogen-bond acceptors (Lipinski definition) is 7. The van der Waals surface area contributed by atoms with Crippen molar-refractivity contribution in [2.24, 2.45) is 5.73 Å². The first kappa shape index (κ1) is 20.3. The summed E-state index contributed by atoms with van der Waals surface area (Å²) in [4.78, 5) is 44.7. The summed E-state index contributed by atoms with van der Waals surface area (Å²) in [6.07, 6.45) is -0.166. The third-order valence-electron chi connectivity index (χ3n) is 3.87. The highest BCUT2D eigenvalue weighted by Gasteiger charge is 2.23. The van der Waals surface area contributed by atoms with E-state index in [-0.39, 0.29) is 29.1 Å². The van der Waals surface area contributed by atoms with Gasteiger partial charge in [0.1, 0.15) is 11.8 Å². The van der Waals surface area contributed by atoms with Crippen LogP contribution in [0.15, 0.2) is 42.5 Å². The first-order valence-electron chi connectivity index (χ1n) is 7.89. The van der Waals surface area contributed by atoms with Crippen molar-refractivity contribution in [1.82, 2.24) is 5.32 Å². The number of carbonyl (C=O) groups excluding carboxylic acids is 2. The van der Waals surface area contributed by atoms with Gasteiger partial charge in [-0.05, 0) is 12.1 Å². The van der Waals surface area contributed by atoms with Crippen LogP contribution >= 0.6 is 0 Å². The molecule has 2 rings (SSSR count). The summed E-state index contributed by atoms with van der Waals surface area (Å²) in [7, 11) is 1.35. The molecule has 0 radical (unpaired) electrons. The fourth-order valence-electron chi connectivity index (χ4n) is 2.48. The predicted molar refractivity (Wildman–Crippen MR) is 96.9 cm³/mol. The maximum Gasteiger partial charge on any atom is 0.270 e. The molecule has 11 heteroatoms. The Kier molecular flexibility index (Phi) is 6.22. The summed E-state index contributed by atoms with van der Waals surface area (Å²) in [5, 5.41) is 24.2. The van der Waals surface area contributed by atoms with Crippen molar-refractivity contribution in [3.63, 3.8) is 0 Å². The van der Waals surface area contributed by atoms with E-state index in [2.05, 4.69) is 5.32 Å². The highest BCUT2D eigenvalue weighted by molar-refractivity contribution is 5.97. The van der Waals surface area contributed by atoms with Gasteiger partial charge in [0.05, 0.1) is 17.0 Å². The zero-order valence-electron chi connectivity index (χ0n) is 14.7. The van der Waals surface area contributed by atoms with Gasteiger partial charge in [0.15, 0.2) is 0 Å². The summed E-state index contributed by atoms with van der Waals surface area (Å²) in [6.45, 7) is 0. The number of nitrogens with zero attached hydrogens (tertiary/aromatic N) is 2. The second-order valence-electron chi connectivity index (χ2n) is 5.69. The Morgan fingerprint density at radius 1 is 1.11 bits per heavy atom. The molecule has 3 N–H and O–H groups in total. The van der Waals surface area contributed by atoms with Gasteiger partial charge in [-0.25, -0.2) is 0 Å². The molecule has 0 fully saturated rings. The second-order valence-corrected chi connectivity index (χ2v) is 5.69. The van der Waals surface area contributed by atoms with Crippen LogP contribution < -0.4 is 15.8 Å². The summed E-state index contributed by atoms with van der Waals surface area (Å²) in [5.41, 5.74) is 5.09. The van der Waals surface area contributed by atoms with Crippen LogP contribution in [0.5, 0.6) is 5.75 Å². The highest BCUT2D eigenvalue weighted by Crippen LogP contribution is 2.25. The van der Waals surface area contributed by atoms with Crippen molar-refractivity contribution >= 4 is 23.2 Å². The maximum atomic E-state index is 12.4. The van der Waals surface area contributed by atoms with E-state index < -0.39 is 27.7 Å². The number of non-ortho nitro benzene ring substituents is 2. The van der Waals surface area contributed by atoms with E-state index in [1.807, 2.05) is 0 Å². The Morgan fingerprint density at radius 2 is 1.75 bits per heavy atom. The molecule has 0 aliphatic heterocycles. The van der Waals surface area contributed by atoms with Crippen molar-refractivity contribution in [2.75, 3.05) is 7.11 Å². The number of hydrogen-bond donors (Lipinski definition) is 2. The monoisotopic (exact) mass is 388 g/mol. The van der Waals surface area contributed by atoms with Gasteiger partial charge < -0.3 is 15.8 Å². The van der Waals surface area contributed by atoms with Crippen molar-refractivity contribution in [1.29, 1.82) is 0 Å². The molecule has 11 nitrogen and oxygen atoms in total. The third kappa shape index (κ3) is 4.78. The molecule has 0 aliphatic carbocycles. The number of carbonyl (C=O) groups is 2. The average Bonchev–Trinajstić information content (AvgIpc) is 2.67. The molecule has 1 atom stereocenters. The first-order chi connectivity index (χ1) is 13.2. The Labute approximate surface area is 158 Å². The lowest BCUT2D eigenvalue weighted by Gasteiger charge is -2.17. The number of benzene rings is 2. The molecule has 0 spiro atoms. The largest absolute Gasteiger partial charge is 0.496 e. The zero-order chi connectivity index (χ0) is 20.8. The number of amides is 2. The van der Waals surface area contributed by atoms with Gasteiger partial charge in [-0.2, -0.15) is 0 Å². The highest BCUT2D eigenvalue weighted by atomic mass is 16.6. The van der Waals surface area contributed by atoms with E-state index >= 15 is 0 Å². The van der Waals surface area contributed by atoms with Crippen LogP contribution in [0.25, 0.3) is 0 Å². The van der Waals surface area contributed by atoms with E-state index in [4.69, 9.17) is 10.5 Å². The summed E-state index contributed by atoms with van der Waals surface area (Å²) >= 11 is 0. The summed E-state index contributed by atoms with van der Waals surface area (Å²) in [5.74, 6) is -1.36. The molecular weight excluding hydrogens is 372 g/mol. The fraction of sp³-hybridized carbons (Fsp3) is 0.176. The summed E-state index contributed by atoms with van der Waals surface area (Å²) in [6, 6.07) is 7.55. The topological polar surface area (TPSA) is 168 Å². The lowest BCUT2D eigenvalue weighted by Crippen LogP contribution is -2.45. The quantitative estimate of drug-likeness (QED) is 0.508. The maximum absolute atomic E-state index is 12.4. The first-order valence-corrected chi connectivity index (χ1v) is 7.89. The molecule has 28 heavy (non-hydrogen) atoms. The number of nitrogens with two attached hydrogens (primary N) is 1. The molecule has 0 bridgehead atoms. The van der Waals surface area contributed by atoms with Crippen molar-refractivity contribution in [3.8, 4) is 5.75 Å². The Hall–Kier alpha value is -4.02. The molecule has 2 aromatic rings. The molecule has 0 saturated heterocycles. The number of primary amides is 1. The number of methoxy groups -OCH3 is 1. The summed E-state index contributed by atoms with van der Waals surface area (Å²) < 4.78 is 5.13. The third-order valence-corrected chi connectivity index (χ3v) is 3.87. The number of nitro benzene ring substituents is 2. The van der Waals surface area contributed by atoms with Gasteiger partial charge in [-0.1, -0.05) is 6.07 Å². The van der Waals surface area contributed by atoms with Gasteiger partial charge in [0.2, 0.25) is 5.91 Å². The molecule has 0 aromatic heterocycles. The Morgan fingerprint density at radius 3 is 2.32 bits per heavy atom. The number of ether oxygens (including phenoxy) is 1. The van der Waals surface area contributed by atoms with Crippen LogP contribution in [0.1, 0.15) is 15.9 Å². The molecule has 0 aliphatic rings. The van der Waals surface area contributed by atoms with Crippen LogP contribution in [0.3, 0.4) is 0 Å². The van der Waals surface area contributed by atoms with Crippen LogP contribution in [0.4, 0.5) is 11.4 Å². The minimum absolute atomic E-state index is 0.0357. The van der Waals surface area contributed by atoms with Gasteiger partial charge in [-0.15, -0.1) is 0 Å². The minimum Gasteiger partial charge on any atom is -0.496 e. The van der Waals surface area contributed by atoms with Crippen molar-refractivity contribution in [3.05, 3.63) is 73.8 Å². The Balaban J connectivity index is 2.27. The average molecular weight is 388 g/mol. The SMILES string of the molecule is COc1ccc([N+](=O)[O-])cc1C[C@H](NC(=O)c1cccc([N+](=O)[O-])c1)C(N)=O. The number of nitro groups is 2. The van der Waals surface area contributed by atoms with E-state index in [1.165, 1.54) is 43.5 Å². The molecule has 0 unspecified atom stereocenters. The minimum atomic E-state index is -1.22. The van der Waals surface area contributed by atoms with Crippen molar-refractivity contribution in [2.45, 2.75) is 12.5 Å². The van der Waals surface area contributed by atoms with Gasteiger partial charge in [0, 0.05) is 41.8 Å². The smallest absolute Gasteiger partial charge is 0.270 e. The van der Waals surface area contributed by atoms with Gasteiger partial charge in [0.25, 0.3) is 17.3 Å². The molecule has 0 heterocycles. The van der Waals surface area contributed by atoms with E-state index in [0.29, 0.717) is 5.56 Å². The zero-order valence-corrected chi connectivity index (χ0v) is 14.7. The lowest BCUT2D eigenvalue weighted by molar-refractivity contribution is -0.385. The number of rotatable bonds is 8. The normalized spacial score (nSPS) is 11.3. The van der Waals surface area contributed by atoms with Gasteiger partial charge >= 0.3 is 0 Å². The van der Waals surface area contributed by atoms with Crippen LogP contribution in [0.2, 0.25) is 0 Å². The van der Waals surface area contributed by atoms with Crippen LogP contribution in [-0.4, -0.2) is 34.8 Å². The Bertz CT molecular complexity index is 945. The van der Waals surface area contributed by atoms with E-state index in [1.54, 1.807) is 0 Å². The van der Waals surface area contributed by atoms with Gasteiger partial charge in [-0.3, -0.25) is 29.8 Å². The number of nitrogens with one attached hydrogen (secondary N) is 1. The molecule has 2 amide bonds. The standard InChI is InChI=1S/C17H16N4O7/c1-28-15-6-5-13(21(26)27)8-11(15)9-14(16(18)22)19-17(23)10-3-2-4-12(7-10)20(24)25/h2-8,14H,9H2,1H3,(H2,18,22)(H,19,23)/t14-/m0/s1. The predicted octanol–water partition coefficient (Wildman–Crippen LogP) is 1.34. The molecule has 2 aromatic carbocycles. The lowest BCUT2D eigenvalue weighted by atomic mass is 10.0. The van der Waals surface area contributed by atoms with Crippen LogP contribution in [-0.2, 0) is 11.2 Å².